The molecule has 0 aliphatic carbocycles. The SMILES string of the molecule is Cc1cc(C[C@@H](OC(=O)N2CCC3(CC2)OC(=O)Nc2ccccc23)C(=O)N2CCC(C3CCN(C)CC3)CC2)cc(Cl)c1N. The van der Waals surface area contributed by atoms with E-state index in [0.29, 0.717) is 61.6 Å². The lowest BCUT2D eigenvalue weighted by molar-refractivity contribution is -0.143. The van der Waals surface area contributed by atoms with Crippen LogP contribution < -0.4 is 11.1 Å². The van der Waals surface area contributed by atoms with Crippen molar-refractivity contribution >= 4 is 41.1 Å². The van der Waals surface area contributed by atoms with Gasteiger partial charge < -0.3 is 29.9 Å². The van der Waals surface area contributed by atoms with Crippen LogP contribution in [0.1, 0.15) is 55.2 Å². The largest absolute Gasteiger partial charge is 0.438 e. The quantitative estimate of drug-likeness (QED) is 0.421. The molecule has 0 radical (unpaired) electrons. The minimum Gasteiger partial charge on any atom is -0.438 e. The summed E-state index contributed by atoms with van der Waals surface area (Å²) in [6.45, 7) is 6.12. The number of benzene rings is 2. The second-order valence-electron chi connectivity index (χ2n) is 13.2. The number of amides is 3. The van der Waals surface area contributed by atoms with E-state index < -0.39 is 23.9 Å². The minimum atomic E-state index is -0.996. The van der Waals surface area contributed by atoms with E-state index in [1.165, 1.54) is 12.8 Å². The van der Waals surface area contributed by atoms with Crippen LogP contribution in [0.15, 0.2) is 36.4 Å². The summed E-state index contributed by atoms with van der Waals surface area (Å²) in [5.41, 5.74) is 9.01. The van der Waals surface area contributed by atoms with Crippen LogP contribution in [-0.4, -0.2) is 85.2 Å². The lowest BCUT2D eigenvalue weighted by atomic mass is 9.79. The van der Waals surface area contributed by atoms with Crippen molar-refractivity contribution in [1.82, 2.24) is 14.7 Å². The van der Waals surface area contributed by atoms with Gasteiger partial charge in [-0.05, 0) is 87.8 Å². The molecule has 4 aliphatic rings. The Balaban J connectivity index is 1.13. The highest BCUT2D eigenvalue weighted by molar-refractivity contribution is 6.33. The summed E-state index contributed by atoms with van der Waals surface area (Å²) in [6, 6.07) is 11.2. The number of ether oxygens (including phenoxy) is 2. The molecular weight excluding hydrogens is 594 g/mol. The summed E-state index contributed by atoms with van der Waals surface area (Å²) in [5.74, 6) is 1.16. The maximum Gasteiger partial charge on any atom is 0.412 e. The molecular formula is C34H44ClN5O5. The van der Waals surface area contributed by atoms with Crippen molar-refractivity contribution in [2.24, 2.45) is 11.8 Å². The first-order valence-corrected chi connectivity index (χ1v) is 16.6. The number of nitrogens with zero attached hydrogens (tertiary/aromatic N) is 3. The van der Waals surface area contributed by atoms with Crippen molar-refractivity contribution in [1.29, 1.82) is 0 Å². The number of likely N-dealkylation sites (tertiary alicyclic amines) is 3. The van der Waals surface area contributed by atoms with Crippen LogP contribution in [0, 0.1) is 18.8 Å². The first-order valence-electron chi connectivity index (χ1n) is 16.2. The third-order valence-corrected chi connectivity index (χ3v) is 10.7. The molecule has 11 heteroatoms. The van der Waals surface area contributed by atoms with Gasteiger partial charge in [0.1, 0.15) is 5.60 Å². The Morgan fingerprint density at radius 2 is 1.67 bits per heavy atom. The molecule has 3 amide bonds. The molecule has 0 bridgehead atoms. The predicted molar refractivity (Wildman–Crippen MR) is 173 cm³/mol. The van der Waals surface area contributed by atoms with E-state index in [0.717, 1.165) is 48.3 Å². The number of carbonyl (C=O) groups is 3. The number of para-hydroxylation sites is 1. The lowest BCUT2D eigenvalue weighted by Gasteiger charge is -2.44. The second-order valence-corrected chi connectivity index (χ2v) is 13.6. The van der Waals surface area contributed by atoms with E-state index in [1.807, 2.05) is 42.2 Å². The Morgan fingerprint density at radius 3 is 2.33 bits per heavy atom. The van der Waals surface area contributed by atoms with Gasteiger partial charge in [-0.25, -0.2) is 9.59 Å². The zero-order chi connectivity index (χ0) is 31.7. The van der Waals surface area contributed by atoms with Crippen molar-refractivity contribution in [2.45, 2.75) is 63.6 Å². The van der Waals surface area contributed by atoms with Crippen molar-refractivity contribution in [3.63, 3.8) is 0 Å². The number of hydrogen-bond acceptors (Lipinski definition) is 7. The van der Waals surface area contributed by atoms with Crippen LogP contribution in [0.5, 0.6) is 0 Å². The van der Waals surface area contributed by atoms with Crippen molar-refractivity contribution in [3.05, 3.63) is 58.1 Å². The second kappa shape index (κ2) is 13.1. The van der Waals surface area contributed by atoms with Gasteiger partial charge in [0, 0.05) is 51.0 Å². The van der Waals surface area contributed by atoms with E-state index in [9.17, 15) is 14.4 Å². The fourth-order valence-electron chi connectivity index (χ4n) is 7.61. The first kappa shape index (κ1) is 31.5. The number of halogens is 1. The Kier molecular flexibility index (Phi) is 9.15. The van der Waals surface area contributed by atoms with Gasteiger partial charge in [0.2, 0.25) is 0 Å². The molecule has 45 heavy (non-hydrogen) atoms. The third kappa shape index (κ3) is 6.72. The molecule has 4 aliphatic heterocycles. The molecule has 2 aromatic rings. The predicted octanol–water partition coefficient (Wildman–Crippen LogP) is 5.41. The summed E-state index contributed by atoms with van der Waals surface area (Å²) in [7, 11) is 2.18. The van der Waals surface area contributed by atoms with Gasteiger partial charge in [0.05, 0.1) is 16.4 Å². The normalized spacial score (nSPS) is 21.5. The minimum absolute atomic E-state index is 0.175. The topological polar surface area (TPSA) is 117 Å². The number of rotatable bonds is 5. The zero-order valence-electron chi connectivity index (χ0n) is 26.2. The molecule has 1 spiro atoms. The number of piperidine rings is 3. The number of carbonyl (C=O) groups excluding carboxylic acids is 3. The molecule has 3 fully saturated rings. The maximum absolute atomic E-state index is 14.0. The van der Waals surface area contributed by atoms with Crippen LogP contribution in [0.4, 0.5) is 21.0 Å². The van der Waals surface area contributed by atoms with Crippen LogP contribution in [0.2, 0.25) is 5.02 Å². The highest BCUT2D eigenvalue weighted by Crippen LogP contribution is 2.43. The van der Waals surface area contributed by atoms with Gasteiger partial charge in [-0.2, -0.15) is 0 Å². The zero-order valence-corrected chi connectivity index (χ0v) is 27.0. The fraction of sp³-hybridized carbons (Fsp3) is 0.559. The van der Waals surface area contributed by atoms with Gasteiger partial charge in [0.15, 0.2) is 6.10 Å². The number of fused-ring (bicyclic) bond motifs is 2. The standard InChI is InChI=1S/C34H44ClN5O5/c1-22-19-23(20-27(35)30(22)36)21-29(31(41)39-15-9-25(10-16-39)24-7-13-38(2)14-8-24)44-33(43)40-17-11-34(12-18-40)26-5-3-4-6-28(26)37-32(42)45-34/h3-6,19-20,24-25,29H,7-18,21,36H2,1-2H3,(H,37,42)/t29-/m1/s1. The Morgan fingerprint density at radius 1 is 1.02 bits per heavy atom. The number of hydrogen-bond donors (Lipinski definition) is 2. The monoisotopic (exact) mass is 637 g/mol. The molecule has 0 saturated carbocycles. The number of nitrogens with one attached hydrogen (secondary N) is 1. The molecule has 10 nitrogen and oxygen atoms in total. The lowest BCUT2D eigenvalue weighted by Crippen LogP contribution is -2.52. The molecule has 3 saturated heterocycles. The highest BCUT2D eigenvalue weighted by atomic mass is 35.5. The summed E-state index contributed by atoms with van der Waals surface area (Å²) in [5, 5.41) is 3.18. The number of aryl methyl sites for hydroxylation is 1. The Labute approximate surface area is 270 Å². The molecule has 242 valence electrons. The van der Waals surface area contributed by atoms with Gasteiger partial charge in [0.25, 0.3) is 5.91 Å². The molecule has 1 atom stereocenters. The summed E-state index contributed by atoms with van der Waals surface area (Å²) in [4.78, 5) is 45.8. The van der Waals surface area contributed by atoms with Crippen molar-refractivity contribution in [3.8, 4) is 0 Å². The molecule has 6 rings (SSSR count). The smallest absolute Gasteiger partial charge is 0.412 e. The van der Waals surface area contributed by atoms with E-state index in [4.69, 9.17) is 26.8 Å². The van der Waals surface area contributed by atoms with Crippen molar-refractivity contribution < 1.29 is 23.9 Å². The summed E-state index contributed by atoms with van der Waals surface area (Å²) in [6.07, 6.45) is 3.40. The Hall–Kier alpha value is -3.50. The van der Waals surface area contributed by atoms with Gasteiger partial charge >= 0.3 is 12.2 Å². The molecule has 3 N–H and O–H groups in total. The third-order valence-electron chi connectivity index (χ3n) is 10.4. The van der Waals surface area contributed by atoms with E-state index in [2.05, 4.69) is 17.3 Å². The van der Waals surface area contributed by atoms with Crippen LogP contribution in [-0.2, 0) is 26.3 Å². The number of nitrogens with two attached hydrogens (primary N) is 1. The molecule has 2 aromatic carbocycles. The van der Waals surface area contributed by atoms with Gasteiger partial charge in [-0.3, -0.25) is 10.1 Å². The summed E-state index contributed by atoms with van der Waals surface area (Å²) < 4.78 is 11.9. The van der Waals surface area contributed by atoms with Gasteiger partial charge in [-0.15, -0.1) is 0 Å². The van der Waals surface area contributed by atoms with Crippen LogP contribution >= 0.6 is 11.6 Å². The maximum atomic E-state index is 14.0. The van der Waals surface area contributed by atoms with Crippen LogP contribution in [0.25, 0.3) is 0 Å². The highest BCUT2D eigenvalue weighted by Gasteiger charge is 2.46. The average molecular weight is 638 g/mol. The number of anilines is 2. The van der Waals surface area contributed by atoms with E-state index >= 15 is 0 Å². The first-order chi connectivity index (χ1) is 21.6. The fourth-order valence-corrected chi connectivity index (χ4v) is 7.90. The van der Waals surface area contributed by atoms with Crippen LogP contribution in [0.3, 0.4) is 0 Å². The summed E-state index contributed by atoms with van der Waals surface area (Å²) >= 11 is 6.39. The van der Waals surface area contributed by atoms with E-state index in [1.54, 1.807) is 11.0 Å². The molecule has 0 aromatic heterocycles. The van der Waals surface area contributed by atoms with Gasteiger partial charge in [-0.1, -0.05) is 35.9 Å². The number of nitrogen functional groups attached to an aromatic ring is 1. The van der Waals surface area contributed by atoms with Crippen molar-refractivity contribution in [2.75, 3.05) is 57.4 Å². The Bertz CT molecular complexity index is 1400. The molecule has 0 unspecified atom stereocenters. The molecule has 4 heterocycles. The van der Waals surface area contributed by atoms with E-state index in [-0.39, 0.29) is 12.3 Å². The average Bonchev–Trinajstić information content (AvgIpc) is 3.03.